The van der Waals surface area contributed by atoms with Crippen LogP contribution < -0.4 is 11.2 Å². The lowest BCUT2D eigenvalue weighted by molar-refractivity contribution is 0.232. The maximum Gasteiger partial charge on any atom is 0.237 e. The number of nitrogens with one attached hydrogen (secondary N) is 1. The highest BCUT2D eigenvalue weighted by Crippen LogP contribution is 2.22. The molecule has 0 amide bonds. The molecule has 8 heteroatoms. The normalized spacial score (nSPS) is 11.3. The summed E-state index contributed by atoms with van der Waals surface area (Å²) in [5.74, 6) is -0.227. The minimum Gasteiger partial charge on any atom is -0.367 e. The molecule has 0 aromatic heterocycles. The lowest BCUT2D eigenvalue weighted by Crippen LogP contribution is -2.27. The molecule has 1 aromatic carbocycles. The molecule has 0 heterocycles. The van der Waals surface area contributed by atoms with Crippen LogP contribution in [0.3, 0.4) is 0 Å². The van der Waals surface area contributed by atoms with Gasteiger partial charge in [-0.1, -0.05) is 29.3 Å². The van der Waals surface area contributed by atoms with Gasteiger partial charge >= 0.3 is 0 Å². The average molecular weight is 284 g/mol. The van der Waals surface area contributed by atoms with Gasteiger partial charge in [-0.3, -0.25) is 5.21 Å². The zero-order chi connectivity index (χ0) is 11.3. The smallest absolute Gasteiger partial charge is 0.237 e. The molecule has 88 valence electrons. The molecule has 0 aliphatic carbocycles. The van der Waals surface area contributed by atoms with E-state index in [0.717, 1.165) is 0 Å². The Labute approximate surface area is 108 Å². The molecule has 4 N–H and O–H groups in total. The number of hydroxylamine groups is 1. The molecule has 0 saturated heterocycles. The third kappa shape index (κ3) is 4.24. The number of nitrogens with zero attached hydrogens (tertiary/aromatic N) is 2. The van der Waals surface area contributed by atoms with Gasteiger partial charge in [-0.05, 0) is 12.1 Å². The number of hydrogen-bond acceptors (Lipinski definition) is 3. The van der Waals surface area contributed by atoms with E-state index in [1.165, 1.54) is 6.21 Å². The van der Waals surface area contributed by atoms with E-state index in [1.807, 2.05) is 0 Å². The number of guanidine groups is 1. The summed E-state index contributed by atoms with van der Waals surface area (Å²) in [4.78, 5) is 0. The van der Waals surface area contributed by atoms with E-state index < -0.39 is 0 Å². The van der Waals surface area contributed by atoms with Crippen molar-refractivity contribution in [1.29, 1.82) is 0 Å². The highest BCUT2D eigenvalue weighted by molar-refractivity contribution is 6.38. The predicted octanol–water partition coefficient (Wildman–Crippen LogP) is 2.04. The Morgan fingerprint density at radius 2 is 1.94 bits per heavy atom. The zero-order valence-electron chi connectivity index (χ0n) is 7.89. The van der Waals surface area contributed by atoms with E-state index in [4.69, 9.17) is 34.1 Å². The van der Waals surface area contributed by atoms with Crippen LogP contribution in [0.4, 0.5) is 0 Å². The molecule has 0 unspecified atom stereocenters. The third-order valence-corrected chi connectivity index (χ3v) is 2.13. The first-order valence-corrected chi connectivity index (χ1v) is 4.61. The summed E-state index contributed by atoms with van der Waals surface area (Å²) in [6.45, 7) is 0. The van der Waals surface area contributed by atoms with E-state index in [1.54, 1.807) is 23.7 Å². The fourth-order valence-electron chi connectivity index (χ4n) is 0.805. The van der Waals surface area contributed by atoms with Crippen molar-refractivity contribution in [3.8, 4) is 0 Å². The molecule has 0 radical (unpaired) electrons. The predicted molar refractivity (Wildman–Crippen MR) is 67.8 cm³/mol. The second kappa shape index (κ2) is 7.29. The fourth-order valence-corrected chi connectivity index (χ4v) is 1.30. The van der Waals surface area contributed by atoms with Gasteiger partial charge in [0.1, 0.15) is 0 Å². The van der Waals surface area contributed by atoms with Gasteiger partial charge in [-0.2, -0.15) is 5.10 Å². The highest BCUT2D eigenvalue weighted by atomic mass is 35.5. The molecule has 1 aromatic rings. The molecule has 0 saturated carbocycles. The molecule has 0 spiro atoms. The molecule has 5 nitrogen and oxygen atoms in total. The number of nitrogens with two attached hydrogens (primary N) is 1. The van der Waals surface area contributed by atoms with E-state index in [2.05, 4.69) is 10.2 Å². The van der Waals surface area contributed by atoms with Gasteiger partial charge in [0.05, 0.1) is 16.3 Å². The minimum absolute atomic E-state index is 0. The lowest BCUT2D eigenvalue weighted by atomic mass is 10.2. The topological polar surface area (TPSA) is 83.0 Å². The zero-order valence-corrected chi connectivity index (χ0v) is 10.2. The monoisotopic (exact) mass is 282 g/mol. The SMILES string of the molecule is Cl.N/C(=N/N=C\c1c(Cl)cccc1Cl)NO. The molecular formula is C8H9Cl3N4O. The number of benzene rings is 1. The van der Waals surface area contributed by atoms with Crippen LogP contribution in [0.1, 0.15) is 5.56 Å². The molecule has 0 aliphatic heterocycles. The van der Waals surface area contributed by atoms with E-state index in [9.17, 15) is 0 Å². The summed E-state index contributed by atoms with van der Waals surface area (Å²) < 4.78 is 0. The van der Waals surface area contributed by atoms with Crippen molar-refractivity contribution >= 4 is 47.8 Å². The first-order chi connectivity index (χ1) is 7.15. The molecule has 0 aliphatic rings. The number of halogens is 3. The maximum absolute atomic E-state index is 8.31. The Bertz CT molecular complexity index is 388. The van der Waals surface area contributed by atoms with Gasteiger partial charge in [0.25, 0.3) is 0 Å². The molecule has 16 heavy (non-hydrogen) atoms. The standard InChI is InChI=1S/C8H8Cl2N4O.ClH/c9-6-2-1-3-7(10)5(6)4-12-13-8(11)14-15;/h1-4,15H,(H3,11,13,14);1H/b12-4-;. The van der Waals surface area contributed by atoms with E-state index in [-0.39, 0.29) is 18.4 Å². The summed E-state index contributed by atoms with van der Waals surface area (Å²) in [7, 11) is 0. The summed E-state index contributed by atoms with van der Waals surface area (Å²) in [5.41, 5.74) is 7.29. The van der Waals surface area contributed by atoms with Gasteiger partial charge in [-0.15, -0.1) is 17.5 Å². The first-order valence-electron chi connectivity index (χ1n) is 3.85. The van der Waals surface area contributed by atoms with Crippen molar-refractivity contribution in [2.45, 2.75) is 0 Å². The highest BCUT2D eigenvalue weighted by Gasteiger charge is 2.01. The first kappa shape index (κ1) is 15.0. The summed E-state index contributed by atoms with van der Waals surface area (Å²) in [6.07, 6.45) is 1.34. The molecule has 1 rings (SSSR count). The second-order valence-corrected chi connectivity index (χ2v) is 3.29. The van der Waals surface area contributed by atoms with Crippen LogP contribution in [0.5, 0.6) is 0 Å². The van der Waals surface area contributed by atoms with Gasteiger partial charge < -0.3 is 5.73 Å². The Balaban J connectivity index is 0.00000225. The van der Waals surface area contributed by atoms with Gasteiger partial charge in [0.2, 0.25) is 5.96 Å². The van der Waals surface area contributed by atoms with Crippen LogP contribution in [0.2, 0.25) is 10.0 Å². The second-order valence-electron chi connectivity index (χ2n) is 2.48. The van der Waals surface area contributed by atoms with Crippen LogP contribution in [-0.2, 0) is 0 Å². The lowest BCUT2D eigenvalue weighted by Gasteiger charge is -1.98. The van der Waals surface area contributed by atoms with Crippen molar-refractivity contribution in [2.24, 2.45) is 15.9 Å². The molecular weight excluding hydrogens is 274 g/mol. The Kier molecular flexibility index (Phi) is 6.83. The minimum atomic E-state index is -0.227. The maximum atomic E-state index is 8.31. The Hall–Kier alpha value is -1.01. The Morgan fingerprint density at radius 1 is 1.38 bits per heavy atom. The van der Waals surface area contributed by atoms with Crippen LogP contribution in [0.25, 0.3) is 0 Å². The van der Waals surface area contributed by atoms with Crippen molar-refractivity contribution in [3.05, 3.63) is 33.8 Å². The fraction of sp³-hybridized carbons (Fsp3) is 0. The van der Waals surface area contributed by atoms with Gasteiger partial charge in [-0.25, -0.2) is 5.48 Å². The molecule has 0 bridgehead atoms. The number of rotatable bonds is 2. The summed E-state index contributed by atoms with van der Waals surface area (Å²) in [5, 5.41) is 16.2. The largest absolute Gasteiger partial charge is 0.367 e. The van der Waals surface area contributed by atoms with Crippen molar-refractivity contribution < 1.29 is 5.21 Å². The average Bonchev–Trinajstić information content (AvgIpc) is 2.22. The van der Waals surface area contributed by atoms with Crippen LogP contribution >= 0.6 is 35.6 Å². The summed E-state index contributed by atoms with van der Waals surface area (Å²) in [6, 6.07) is 5.06. The summed E-state index contributed by atoms with van der Waals surface area (Å²) >= 11 is 11.7. The molecule has 0 fully saturated rings. The van der Waals surface area contributed by atoms with Gasteiger partial charge in [0, 0.05) is 5.56 Å². The molecule has 0 atom stereocenters. The van der Waals surface area contributed by atoms with Gasteiger partial charge in [0.15, 0.2) is 0 Å². The third-order valence-electron chi connectivity index (χ3n) is 1.47. The van der Waals surface area contributed by atoms with Crippen molar-refractivity contribution in [1.82, 2.24) is 5.48 Å². The van der Waals surface area contributed by atoms with Crippen LogP contribution in [0, 0.1) is 0 Å². The van der Waals surface area contributed by atoms with Crippen molar-refractivity contribution in [3.63, 3.8) is 0 Å². The van der Waals surface area contributed by atoms with Crippen molar-refractivity contribution in [2.75, 3.05) is 0 Å². The van der Waals surface area contributed by atoms with E-state index >= 15 is 0 Å². The van der Waals surface area contributed by atoms with E-state index in [0.29, 0.717) is 15.6 Å². The van der Waals surface area contributed by atoms with Crippen LogP contribution in [-0.4, -0.2) is 17.4 Å². The quantitative estimate of drug-likeness (QED) is 0.441. The number of hydrogen-bond donors (Lipinski definition) is 3. The van der Waals surface area contributed by atoms with Crippen LogP contribution in [0.15, 0.2) is 28.4 Å². The Morgan fingerprint density at radius 3 is 2.44 bits per heavy atom.